The lowest BCUT2D eigenvalue weighted by Gasteiger charge is -2.37. The fourth-order valence-electron chi connectivity index (χ4n) is 4.45. The number of ether oxygens (including phenoxy) is 2. The molecule has 0 saturated carbocycles. The first-order chi connectivity index (χ1) is 14.7. The Kier molecular flexibility index (Phi) is 5.26. The number of aromatic nitrogens is 4. The molecule has 2 N–H and O–H groups in total. The molecule has 30 heavy (non-hydrogen) atoms. The van der Waals surface area contributed by atoms with Gasteiger partial charge in [-0.05, 0) is 25.8 Å². The molecule has 0 aliphatic carbocycles. The minimum Gasteiger partial charge on any atom is -0.377 e. The lowest BCUT2D eigenvalue weighted by Crippen LogP contribution is -2.45. The van der Waals surface area contributed by atoms with E-state index in [1.807, 2.05) is 0 Å². The van der Waals surface area contributed by atoms with Gasteiger partial charge in [0.05, 0.1) is 37.7 Å². The number of morpholine rings is 2. The second kappa shape index (κ2) is 8.19. The van der Waals surface area contributed by atoms with Crippen LogP contribution >= 0.6 is 0 Å². The van der Waals surface area contributed by atoms with Gasteiger partial charge in [-0.1, -0.05) is 0 Å². The van der Waals surface area contributed by atoms with Gasteiger partial charge in [0.1, 0.15) is 11.4 Å². The number of fused-ring (bicyclic) bond motifs is 2. The molecular weight excluding hydrogens is 386 g/mol. The molecule has 10 nitrogen and oxygen atoms in total. The SMILES string of the molecule is C[C@H]1COCCN1c1cc(N2CC3CCC(C2)O3)nnc1CNC(=O)c1ccn[nH]1. The van der Waals surface area contributed by atoms with E-state index in [4.69, 9.17) is 9.47 Å². The molecule has 2 unspecified atom stereocenters. The fourth-order valence-corrected chi connectivity index (χ4v) is 4.45. The van der Waals surface area contributed by atoms with Crippen molar-refractivity contribution in [1.29, 1.82) is 0 Å². The van der Waals surface area contributed by atoms with Crippen molar-refractivity contribution < 1.29 is 14.3 Å². The predicted octanol–water partition coefficient (Wildman–Crippen LogP) is 0.722. The van der Waals surface area contributed by atoms with Crippen LogP contribution in [-0.2, 0) is 16.0 Å². The third-order valence-corrected chi connectivity index (χ3v) is 6.04. The largest absolute Gasteiger partial charge is 0.377 e. The van der Waals surface area contributed by atoms with Crippen molar-refractivity contribution >= 4 is 17.4 Å². The van der Waals surface area contributed by atoms with Gasteiger partial charge in [-0.2, -0.15) is 5.10 Å². The van der Waals surface area contributed by atoms with E-state index in [9.17, 15) is 4.79 Å². The zero-order valence-electron chi connectivity index (χ0n) is 17.1. The smallest absolute Gasteiger partial charge is 0.269 e. The summed E-state index contributed by atoms with van der Waals surface area (Å²) >= 11 is 0. The molecule has 2 bridgehead atoms. The van der Waals surface area contributed by atoms with E-state index >= 15 is 0 Å². The van der Waals surface area contributed by atoms with E-state index < -0.39 is 0 Å². The topological polar surface area (TPSA) is 108 Å². The summed E-state index contributed by atoms with van der Waals surface area (Å²) in [6, 6.07) is 3.97. The number of hydrogen-bond donors (Lipinski definition) is 2. The number of anilines is 2. The van der Waals surface area contributed by atoms with E-state index in [0.29, 0.717) is 25.5 Å². The van der Waals surface area contributed by atoms with Crippen LogP contribution in [0, 0.1) is 0 Å². The van der Waals surface area contributed by atoms with Crippen molar-refractivity contribution in [3.8, 4) is 0 Å². The van der Waals surface area contributed by atoms with Crippen molar-refractivity contribution in [2.24, 2.45) is 0 Å². The molecule has 2 aromatic heterocycles. The molecule has 3 saturated heterocycles. The number of hydrogen-bond acceptors (Lipinski definition) is 8. The molecule has 160 valence electrons. The van der Waals surface area contributed by atoms with Crippen molar-refractivity contribution in [3.05, 3.63) is 29.7 Å². The third kappa shape index (κ3) is 3.84. The van der Waals surface area contributed by atoms with Gasteiger partial charge in [-0.25, -0.2) is 0 Å². The fraction of sp³-hybridized carbons (Fsp3) is 0.600. The number of nitrogens with zero attached hydrogens (tertiary/aromatic N) is 5. The second-order valence-electron chi connectivity index (χ2n) is 8.17. The molecule has 0 aromatic carbocycles. The minimum absolute atomic E-state index is 0.218. The maximum Gasteiger partial charge on any atom is 0.269 e. The first kappa shape index (κ1) is 19.3. The molecule has 2 aromatic rings. The summed E-state index contributed by atoms with van der Waals surface area (Å²) in [5.74, 6) is 0.650. The summed E-state index contributed by atoms with van der Waals surface area (Å²) in [6.45, 7) is 6.24. The van der Waals surface area contributed by atoms with Crippen molar-refractivity contribution in [2.45, 2.75) is 44.6 Å². The minimum atomic E-state index is -0.218. The number of aromatic amines is 1. The third-order valence-electron chi connectivity index (χ3n) is 6.04. The highest BCUT2D eigenvalue weighted by molar-refractivity contribution is 5.92. The van der Waals surface area contributed by atoms with Gasteiger partial charge in [0.15, 0.2) is 5.82 Å². The zero-order chi connectivity index (χ0) is 20.5. The van der Waals surface area contributed by atoms with Crippen molar-refractivity contribution in [3.63, 3.8) is 0 Å². The van der Waals surface area contributed by atoms with Gasteiger partial charge in [-0.15, -0.1) is 10.2 Å². The maximum atomic E-state index is 12.3. The van der Waals surface area contributed by atoms with Gasteiger partial charge in [0.2, 0.25) is 0 Å². The van der Waals surface area contributed by atoms with Gasteiger partial charge < -0.3 is 24.6 Å². The van der Waals surface area contributed by atoms with Gasteiger partial charge in [0.25, 0.3) is 5.91 Å². The number of rotatable bonds is 5. The van der Waals surface area contributed by atoms with E-state index in [2.05, 4.69) is 48.5 Å². The molecule has 3 aliphatic rings. The molecular formula is C20H27N7O3. The van der Waals surface area contributed by atoms with Crippen LogP contribution in [0.15, 0.2) is 18.3 Å². The van der Waals surface area contributed by atoms with Crippen LogP contribution in [0.4, 0.5) is 11.5 Å². The summed E-state index contributed by atoms with van der Waals surface area (Å²) in [4.78, 5) is 16.9. The van der Waals surface area contributed by atoms with Crippen molar-refractivity contribution in [1.82, 2.24) is 25.7 Å². The van der Waals surface area contributed by atoms with Crippen molar-refractivity contribution in [2.75, 3.05) is 42.6 Å². The molecule has 3 atom stereocenters. The molecule has 10 heteroatoms. The lowest BCUT2D eigenvalue weighted by atomic mass is 10.2. The van der Waals surface area contributed by atoms with Crippen LogP contribution < -0.4 is 15.1 Å². The standard InChI is InChI=1S/C20H27N7O3/c1-13-12-29-7-6-27(13)18-8-19(26-10-14-2-3-15(11-26)30-14)25-24-17(18)9-21-20(28)16-4-5-22-23-16/h4-5,8,13-15H,2-3,6-7,9-12H2,1H3,(H,21,28)(H,22,23)/t13-,14?,15?/m0/s1. The number of amides is 1. The van der Waals surface area contributed by atoms with Gasteiger partial charge in [-0.3, -0.25) is 9.89 Å². The number of nitrogens with one attached hydrogen (secondary N) is 2. The Labute approximate surface area is 174 Å². The Morgan fingerprint density at radius 3 is 2.87 bits per heavy atom. The van der Waals surface area contributed by atoms with Crippen LogP contribution in [0.3, 0.4) is 0 Å². The van der Waals surface area contributed by atoms with E-state index in [0.717, 1.165) is 49.7 Å². The monoisotopic (exact) mass is 413 g/mol. The highest BCUT2D eigenvalue weighted by Gasteiger charge is 2.35. The first-order valence-electron chi connectivity index (χ1n) is 10.6. The molecule has 0 spiro atoms. The Balaban J connectivity index is 1.39. The Bertz CT molecular complexity index is 879. The second-order valence-corrected chi connectivity index (χ2v) is 8.17. The van der Waals surface area contributed by atoms with Crippen LogP contribution in [0.1, 0.15) is 35.9 Å². The molecule has 3 aliphatic heterocycles. The van der Waals surface area contributed by atoms with E-state index in [-0.39, 0.29) is 24.2 Å². The summed E-state index contributed by atoms with van der Waals surface area (Å²) in [6.07, 6.45) is 4.34. The van der Waals surface area contributed by atoms with Gasteiger partial charge in [0, 0.05) is 37.9 Å². The molecule has 1 amide bonds. The van der Waals surface area contributed by atoms with E-state index in [1.165, 1.54) is 0 Å². The average Bonchev–Trinajstić information content (AvgIpc) is 3.42. The average molecular weight is 413 g/mol. The normalized spacial score (nSPS) is 26.1. The highest BCUT2D eigenvalue weighted by atomic mass is 16.5. The highest BCUT2D eigenvalue weighted by Crippen LogP contribution is 2.31. The van der Waals surface area contributed by atoms with Crippen LogP contribution in [0.5, 0.6) is 0 Å². The summed E-state index contributed by atoms with van der Waals surface area (Å²) < 4.78 is 11.6. The summed E-state index contributed by atoms with van der Waals surface area (Å²) in [5, 5.41) is 18.5. The summed E-state index contributed by atoms with van der Waals surface area (Å²) in [5.41, 5.74) is 2.17. The van der Waals surface area contributed by atoms with Crippen LogP contribution in [0.2, 0.25) is 0 Å². The number of H-pyrrole nitrogens is 1. The van der Waals surface area contributed by atoms with Crippen LogP contribution in [0.25, 0.3) is 0 Å². The first-order valence-corrected chi connectivity index (χ1v) is 10.6. The Morgan fingerprint density at radius 1 is 1.30 bits per heavy atom. The molecule has 5 rings (SSSR count). The van der Waals surface area contributed by atoms with E-state index in [1.54, 1.807) is 12.3 Å². The lowest BCUT2D eigenvalue weighted by molar-refractivity contribution is 0.0301. The number of carbonyl (C=O) groups is 1. The molecule has 0 radical (unpaired) electrons. The Hall–Kier alpha value is -2.72. The Morgan fingerprint density at radius 2 is 2.13 bits per heavy atom. The molecule has 5 heterocycles. The summed E-state index contributed by atoms with van der Waals surface area (Å²) in [7, 11) is 0. The van der Waals surface area contributed by atoms with Crippen LogP contribution in [-0.4, -0.2) is 77.4 Å². The molecule has 3 fully saturated rings. The predicted molar refractivity (Wildman–Crippen MR) is 110 cm³/mol. The quantitative estimate of drug-likeness (QED) is 0.738. The maximum absolute atomic E-state index is 12.3. The number of carbonyl (C=O) groups excluding carboxylic acids is 1. The zero-order valence-corrected chi connectivity index (χ0v) is 17.1. The van der Waals surface area contributed by atoms with Gasteiger partial charge >= 0.3 is 0 Å².